The zero-order chi connectivity index (χ0) is 16.0. The van der Waals surface area contributed by atoms with Gasteiger partial charge >= 0.3 is 0 Å². The Kier molecular flexibility index (Phi) is 3.48. The van der Waals surface area contributed by atoms with Crippen molar-refractivity contribution in [3.63, 3.8) is 0 Å². The smallest absolute Gasteiger partial charge is 0.184 e. The minimum absolute atomic E-state index is 0.182. The lowest BCUT2D eigenvalue weighted by atomic mass is 10.1. The molecule has 3 rings (SSSR count). The van der Waals surface area contributed by atoms with Crippen LogP contribution in [-0.4, -0.2) is 19.2 Å². The molecule has 112 valence electrons. The molecule has 1 aliphatic rings. The van der Waals surface area contributed by atoms with Crippen LogP contribution in [-0.2, 0) is 9.84 Å². The van der Waals surface area contributed by atoms with Gasteiger partial charge in [-0.2, -0.15) is 5.26 Å². The Morgan fingerprint density at radius 3 is 2.23 bits per heavy atom. The van der Waals surface area contributed by atoms with E-state index in [1.165, 1.54) is 12.1 Å². The number of nitrogens with zero attached hydrogens (tertiary/aromatic N) is 1. The number of halogens is 1. The van der Waals surface area contributed by atoms with E-state index in [-0.39, 0.29) is 4.90 Å². The fourth-order valence-electron chi connectivity index (χ4n) is 2.82. The number of nitriles is 1. The van der Waals surface area contributed by atoms with E-state index in [0.717, 1.165) is 0 Å². The molecule has 22 heavy (non-hydrogen) atoms. The molecular formula is C16H13ClN2O2S. The van der Waals surface area contributed by atoms with E-state index in [2.05, 4.69) is 0 Å². The van der Waals surface area contributed by atoms with Gasteiger partial charge in [-0.25, -0.2) is 8.42 Å². The molecule has 2 aromatic rings. The summed E-state index contributed by atoms with van der Waals surface area (Å²) in [6.07, 6.45) is 0. The molecular weight excluding hydrogens is 320 g/mol. The average molecular weight is 333 g/mol. The Morgan fingerprint density at radius 1 is 1.09 bits per heavy atom. The minimum Gasteiger partial charge on any atom is -0.312 e. The molecule has 6 heteroatoms. The van der Waals surface area contributed by atoms with Crippen molar-refractivity contribution < 1.29 is 8.42 Å². The van der Waals surface area contributed by atoms with Crippen molar-refractivity contribution in [1.82, 2.24) is 0 Å². The van der Waals surface area contributed by atoms with Crippen LogP contribution in [0.5, 0.6) is 0 Å². The summed E-state index contributed by atoms with van der Waals surface area (Å²) in [6, 6.07) is 16.8. The molecule has 0 amide bonds. The summed E-state index contributed by atoms with van der Waals surface area (Å²) in [7, 11) is -3.67. The van der Waals surface area contributed by atoms with E-state index in [9.17, 15) is 13.7 Å². The Balaban J connectivity index is 2.04. The molecule has 0 radical (unpaired) electrons. The van der Waals surface area contributed by atoms with Gasteiger partial charge in [0.1, 0.15) is 10.8 Å². The molecule has 0 aliphatic heterocycles. The maximum atomic E-state index is 12.8. The normalized spacial score (nSPS) is 27.1. The van der Waals surface area contributed by atoms with Gasteiger partial charge in [-0.05, 0) is 29.8 Å². The fourth-order valence-corrected chi connectivity index (χ4v) is 5.15. The summed E-state index contributed by atoms with van der Waals surface area (Å²) >= 11 is 5.85. The zero-order valence-corrected chi connectivity index (χ0v) is 13.1. The van der Waals surface area contributed by atoms with Crippen molar-refractivity contribution in [1.29, 1.82) is 5.26 Å². The molecule has 4 nitrogen and oxygen atoms in total. The highest BCUT2D eigenvalue weighted by atomic mass is 35.5. The van der Waals surface area contributed by atoms with Crippen LogP contribution in [0.25, 0.3) is 0 Å². The lowest BCUT2D eigenvalue weighted by Crippen LogP contribution is -2.29. The van der Waals surface area contributed by atoms with Gasteiger partial charge in [0.25, 0.3) is 0 Å². The van der Waals surface area contributed by atoms with Crippen LogP contribution in [0.4, 0.5) is 0 Å². The minimum atomic E-state index is -3.67. The fraction of sp³-hybridized carbons (Fsp3) is 0.188. The lowest BCUT2D eigenvalue weighted by Gasteiger charge is -2.04. The van der Waals surface area contributed by atoms with Crippen molar-refractivity contribution >= 4 is 21.4 Å². The number of sulfone groups is 1. The maximum absolute atomic E-state index is 12.8. The van der Waals surface area contributed by atoms with Crippen LogP contribution in [0.2, 0.25) is 5.02 Å². The molecule has 2 N–H and O–H groups in total. The van der Waals surface area contributed by atoms with E-state index in [1.54, 1.807) is 42.5 Å². The maximum Gasteiger partial charge on any atom is 0.184 e. The van der Waals surface area contributed by atoms with E-state index in [1.807, 2.05) is 6.07 Å². The molecule has 1 aliphatic carbocycles. The standard InChI is InChI=1S/C16H13ClN2O2S/c17-12-8-6-11(7-9-12)14-15(16(14,19)10-18)22(20,21)13-4-2-1-3-5-13/h1-9,14-15H,19H2/t14-,15+,16-/m0/s1. The van der Waals surface area contributed by atoms with Gasteiger partial charge in [-0.1, -0.05) is 41.9 Å². The highest BCUT2D eigenvalue weighted by Gasteiger charge is 2.70. The van der Waals surface area contributed by atoms with Gasteiger partial charge in [0, 0.05) is 10.9 Å². The van der Waals surface area contributed by atoms with Gasteiger partial charge in [0.15, 0.2) is 9.84 Å². The molecule has 0 saturated heterocycles. The van der Waals surface area contributed by atoms with Crippen molar-refractivity contribution in [2.24, 2.45) is 5.73 Å². The number of benzene rings is 2. The van der Waals surface area contributed by atoms with E-state index in [0.29, 0.717) is 10.6 Å². The lowest BCUT2D eigenvalue weighted by molar-refractivity contribution is 0.592. The topological polar surface area (TPSA) is 83.9 Å². The van der Waals surface area contributed by atoms with E-state index < -0.39 is 26.5 Å². The molecule has 0 heterocycles. The summed E-state index contributed by atoms with van der Waals surface area (Å²) in [5.41, 5.74) is 5.35. The van der Waals surface area contributed by atoms with Gasteiger partial charge in [-0.15, -0.1) is 0 Å². The molecule has 1 fully saturated rings. The highest BCUT2D eigenvalue weighted by Crippen LogP contribution is 2.55. The van der Waals surface area contributed by atoms with Crippen molar-refractivity contribution in [3.05, 3.63) is 65.2 Å². The monoisotopic (exact) mass is 332 g/mol. The molecule has 0 spiro atoms. The number of hydrogen-bond acceptors (Lipinski definition) is 4. The summed E-state index contributed by atoms with van der Waals surface area (Å²) < 4.78 is 25.5. The summed E-state index contributed by atoms with van der Waals surface area (Å²) in [4.78, 5) is 0.182. The predicted molar refractivity (Wildman–Crippen MR) is 84.1 cm³/mol. The Hall–Kier alpha value is -1.87. The van der Waals surface area contributed by atoms with Crippen molar-refractivity contribution in [2.45, 2.75) is 21.6 Å². The second-order valence-electron chi connectivity index (χ2n) is 5.35. The van der Waals surface area contributed by atoms with Gasteiger partial charge in [0.2, 0.25) is 0 Å². The van der Waals surface area contributed by atoms with Crippen LogP contribution < -0.4 is 5.73 Å². The third-order valence-electron chi connectivity index (χ3n) is 4.01. The zero-order valence-electron chi connectivity index (χ0n) is 11.5. The number of hydrogen-bond donors (Lipinski definition) is 1. The van der Waals surface area contributed by atoms with Crippen LogP contribution in [0.15, 0.2) is 59.5 Å². The molecule has 3 atom stereocenters. The first-order valence-electron chi connectivity index (χ1n) is 6.66. The molecule has 2 aromatic carbocycles. The molecule has 0 bridgehead atoms. The van der Waals surface area contributed by atoms with Crippen LogP contribution in [0.1, 0.15) is 11.5 Å². The van der Waals surface area contributed by atoms with Crippen molar-refractivity contribution in [2.75, 3.05) is 0 Å². The number of rotatable bonds is 3. The first-order chi connectivity index (χ1) is 10.4. The average Bonchev–Trinajstić information content (AvgIpc) is 3.17. The van der Waals surface area contributed by atoms with Crippen LogP contribution >= 0.6 is 11.6 Å². The third kappa shape index (κ3) is 2.20. The Morgan fingerprint density at radius 2 is 1.68 bits per heavy atom. The SMILES string of the molecule is N#C[C@@]1(N)[C@H](S(=O)(=O)c2ccccc2)[C@@H]1c1ccc(Cl)cc1. The number of nitrogens with two attached hydrogens (primary N) is 1. The third-order valence-corrected chi connectivity index (χ3v) is 6.52. The highest BCUT2D eigenvalue weighted by molar-refractivity contribution is 7.92. The molecule has 0 unspecified atom stereocenters. The Bertz CT molecular complexity index is 844. The van der Waals surface area contributed by atoms with Crippen LogP contribution in [0.3, 0.4) is 0 Å². The predicted octanol–water partition coefficient (Wildman–Crippen LogP) is 2.50. The second-order valence-corrected chi connectivity index (χ2v) is 7.86. The van der Waals surface area contributed by atoms with Crippen LogP contribution in [0, 0.1) is 11.3 Å². The molecule has 1 saturated carbocycles. The molecule has 0 aromatic heterocycles. The first kappa shape index (κ1) is 15.0. The quantitative estimate of drug-likeness (QED) is 0.936. The van der Waals surface area contributed by atoms with Gasteiger partial charge in [-0.3, -0.25) is 0 Å². The Labute approximate surface area is 134 Å². The van der Waals surface area contributed by atoms with Crippen molar-refractivity contribution in [3.8, 4) is 6.07 Å². The van der Waals surface area contributed by atoms with E-state index >= 15 is 0 Å². The van der Waals surface area contributed by atoms with Gasteiger partial charge < -0.3 is 5.73 Å². The van der Waals surface area contributed by atoms with Gasteiger partial charge in [0.05, 0.1) is 11.0 Å². The second kappa shape index (κ2) is 5.10. The first-order valence-corrected chi connectivity index (χ1v) is 8.58. The summed E-state index contributed by atoms with van der Waals surface area (Å²) in [5, 5.41) is 8.96. The largest absolute Gasteiger partial charge is 0.312 e. The summed E-state index contributed by atoms with van der Waals surface area (Å²) in [5.74, 6) is -0.556. The summed E-state index contributed by atoms with van der Waals surface area (Å²) in [6.45, 7) is 0. The van der Waals surface area contributed by atoms with E-state index in [4.69, 9.17) is 17.3 Å².